The molecule has 10 heteroatoms. The number of hydrogen-bond acceptors (Lipinski definition) is 10. The summed E-state index contributed by atoms with van der Waals surface area (Å²) in [5.41, 5.74) is -3.81. The van der Waals surface area contributed by atoms with Gasteiger partial charge in [-0.25, -0.2) is 14.4 Å². The summed E-state index contributed by atoms with van der Waals surface area (Å²) in [5.74, 6) is -6.74. The van der Waals surface area contributed by atoms with E-state index in [1.54, 1.807) is 0 Å². The van der Waals surface area contributed by atoms with Crippen LogP contribution in [0.25, 0.3) is 0 Å². The second kappa shape index (κ2) is 9.42. The summed E-state index contributed by atoms with van der Waals surface area (Å²) < 4.78 is 14.2. The predicted molar refractivity (Wildman–Crippen MR) is 90.6 cm³/mol. The largest absolute Gasteiger partial charge is 0.429 e. The molecular formula is C17H24O10. The minimum atomic E-state index is -3.18. The molecule has 0 bridgehead atoms. The van der Waals surface area contributed by atoms with Crippen molar-refractivity contribution < 1.29 is 49.0 Å². The van der Waals surface area contributed by atoms with Gasteiger partial charge in [0.25, 0.3) is 0 Å². The number of aliphatic hydroxyl groups is 4. The minimum absolute atomic E-state index is 0.179. The summed E-state index contributed by atoms with van der Waals surface area (Å²) in [6.07, 6.45) is -2.60. The lowest BCUT2D eigenvalue weighted by Crippen LogP contribution is -2.69. The topological polar surface area (TPSA) is 160 Å². The van der Waals surface area contributed by atoms with Gasteiger partial charge < -0.3 is 34.6 Å². The summed E-state index contributed by atoms with van der Waals surface area (Å²) in [7, 11) is 0. The van der Waals surface area contributed by atoms with Crippen molar-refractivity contribution in [3.8, 4) is 0 Å². The number of esters is 3. The number of carbonyl (C=O) groups is 3. The molecule has 2 atom stereocenters. The molecule has 0 aliphatic carbocycles. The maximum absolute atomic E-state index is 11.9. The maximum atomic E-state index is 11.9. The van der Waals surface area contributed by atoms with Gasteiger partial charge in [0.2, 0.25) is 11.9 Å². The second-order valence-corrected chi connectivity index (χ2v) is 5.87. The van der Waals surface area contributed by atoms with Gasteiger partial charge in [-0.1, -0.05) is 19.7 Å². The van der Waals surface area contributed by atoms with Crippen molar-refractivity contribution in [3.05, 3.63) is 36.5 Å². The molecule has 0 rings (SSSR count). The van der Waals surface area contributed by atoms with E-state index in [1.807, 2.05) is 0 Å². The lowest BCUT2D eigenvalue weighted by Gasteiger charge is -2.44. The number of ether oxygens (including phenoxy) is 3. The third kappa shape index (κ3) is 5.47. The molecule has 27 heavy (non-hydrogen) atoms. The first kappa shape index (κ1) is 24.5. The van der Waals surface area contributed by atoms with Crippen LogP contribution in [0, 0.1) is 0 Å². The molecule has 0 saturated carbocycles. The summed E-state index contributed by atoms with van der Waals surface area (Å²) in [6.45, 7) is 10.6. The maximum Gasteiger partial charge on any atom is 0.336 e. The van der Waals surface area contributed by atoms with Gasteiger partial charge in [0.15, 0.2) is 0 Å². The van der Waals surface area contributed by atoms with E-state index >= 15 is 0 Å². The molecule has 0 aromatic carbocycles. The van der Waals surface area contributed by atoms with Crippen molar-refractivity contribution >= 4 is 17.9 Å². The summed E-state index contributed by atoms with van der Waals surface area (Å²) in [5, 5.41) is 40.2. The molecule has 10 nitrogen and oxygen atoms in total. The van der Waals surface area contributed by atoms with E-state index in [0.717, 1.165) is 0 Å². The van der Waals surface area contributed by atoms with E-state index in [4.69, 9.17) is 9.47 Å². The molecule has 0 spiro atoms. The van der Waals surface area contributed by atoms with Crippen molar-refractivity contribution in [1.82, 2.24) is 0 Å². The van der Waals surface area contributed by atoms with Crippen LogP contribution >= 0.6 is 0 Å². The minimum Gasteiger partial charge on any atom is -0.429 e. The van der Waals surface area contributed by atoms with Crippen LogP contribution in [0.1, 0.15) is 20.8 Å². The van der Waals surface area contributed by atoms with Crippen LogP contribution < -0.4 is 0 Å². The van der Waals surface area contributed by atoms with Crippen molar-refractivity contribution in [3.63, 3.8) is 0 Å². The Balaban J connectivity index is 6.28. The summed E-state index contributed by atoms with van der Waals surface area (Å²) in [4.78, 5) is 35.5. The van der Waals surface area contributed by atoms with Crippen LogP contribution in [0.4, 0.5) is 0 Å². The van der Waals surface area contributed by atoms with Crippen LogP contribution in [0.15, 0.2) is 36.5 Å². The fraction of sp³-hybridized carbons (Fsp3) is 0.471. The number of carbonyl (C=O) groups excluding carboxylic acids is 3. The molecule has 0 heterocycles. The molecule has 0 aliphatic rings. The molecule has 0 fully saturated rings. The molecule has 0 amide bonds. The fourth-order valence-corrected chi connectivity index (χ4v) is 1.56. The lowest BCUT2D eigenvalue weighted by atomic mass is 9.92. The zero-order valence-corrected chi connectivity index (χ0v) is 15.4. The van der Waals surface area contributed by atoms with E-state index in [0.29, 0.717) is 0 Å². The molecule has 2 unspecified atom stereocenters. The average Bonchev–Trinajstić information content (AvgIpc) is 2.59. The van der Waals surface area contributed by atoms with Gasteiger partial charge in [-0.2, -0.15) is 0 Å². The van der Waals surface area contributed by atoms with Crippen LogP contribution in [-0.4, -0.2) is 69.2 Å². The fourth-order valence-electron chi connectivity index (χ4n) is 1.56. The Labute approximate surface area is 156 Å². The first-order chi connectivity index (χ1) is 12.3. The Morgan fingerprint density at radius 2 is 1.22 bits per heavy atom. The van der Waals surface area contributed by atoms with E-state index in [9.17, 15) is 34.8 Å². The summed E-state index contributed by atoms with van der Waals surface area (Å²) >= 11 is 0. The average molecular weight is 388 g/mol. The Hall–Kier alpha value is -2.53. The number of aliphatic hydroxyl groups excluding tert-OH is 3. The first-order valence-electron chi connectivity index (χ1n) is 7.54. The standard InChI is InChI=1S/C17H24O10/c1-9(2)12(20)25-15(23)16(24,7-18)17(8-19,26-13(21)10(3)4)27-14(22)11(5)6/h15,18-19,23-24H,1,3,5,7-8H2,2,4,6H3. The normalized spacial score (nSPS) is 14.3. The number of rotatable bonds is 10. The highest BCUT2D eigenvalue weighted by Gasteiger charge is 2.63. The zero-order valence-electron chi connectivity index (χ0n) is 15.4. The highest BCUT2D eigenvalue weighted by atomic mass is 16.8. The molecular weight excluding hydrogens is 364 g/mol. The molecule has 0 aliphatic heterocycles. The van der Waals surface area contributed by atoms with Crippen molar-refractivity contribution in [2.24, 2.45) is 0 Å². The lowest BCUT2D eigenvalue weighted by molar-refractivity contribution is -0.354. The molecule has 0 saturated heterocycles. The van der Waals surface area contributed by atoms with Crippen LogP contribution in [0.2, 0.25) is 0 Å². The SMILES string of the molecule is C=C(C)C(=O)OC(O)C(O)(CO)C(CO)(OC(=O)C(=C)C)OC(=O)C(=C)C. The van der Waals surface area contributed by atoms with Crippen LogP contribution in [0.5, 0.6) is 0 Å². The third-order valence-corrected chi connectivity index (χ3v) is 3.30. The van der Waals surface area contributed by atoms with Crippen molar-refractivity contribution in [2.75, 3.05) is 13.2 Å². The van der Waals surface area contributed by atoms with Gasteiger partial charge in [0.05, 0.1) is 6.61 Å². The number of hydrogen-bond donors (Lipinski definition) is 4. The van der Waals surface area contributed by atoms with E-state index in [2.05, 4.69) is 24.5 Å². The first-order valence-corrected chi connectivity index (χ1v) is 7.54. The van der Waals surface area contributed by atoms with Gasteiger partial charge in [-0.15, -0.1) is 0 Å². The van der Waals surface area contributed by atoms with E-state index < -0.39 is 48.8 Å². The Morgan fingerprint density at radius 1 is 0.852 bits per heavy atom. The highest BCUT2D eigenvalue weighted by Crippen LogP contribution is 2.33. The molecule has 0 aromatic rings. The monoisotopic (exact) mass is 388 g/mol. The Morgan fingerprint density at radius 3 is 1.48 bits per heavy atom. The zero-order chi connectivity index (χ0) is 21.6. The Bertz CT molecular complexity index is 622. The van der Waals surface area contributed by atoms with Gasteiger partial charge in [0.1, 0.15) is 6.61 Å². The second-order valence-electron chi connectivity index (χ2n) is 5.87. The van der Waals surface area contributed by atoms with Gasteiger partial charge >= 0.3 is 23.7 Å². The van der Waals surface area contributed by atoms with E-state index in [1.165, 1.54) is 20.8 Å². The summed E-state index contributed by atoms with van der Waals surface area (Å²) in [6, 6.07) is 0. The van der Waals surface area contributed by atoms with Gasteiger partial charge in [-0.05, 0) is 20.8 Å². The van der Waals surface area contributed by atoms with Gasteiger partial charge in [-0.3, -0.25) is 0 Å². The van der Waals surface area contributed by atoms with E-state index in [-0.39, 0.29) is 16.7 Å². The molecule has 4 N–H and O–H groups in total. The quantitative estimate of drug-likeness (QED) is 0.209. The molecule has 152 valence electrons. The smallest absolute Gasteiger partial charge is 0.336 e. The van der Waals surface area contributed by atoms with Crippen molar-refractivity contribution in [2.45, 2.75) is 38.4 Å². The molecule has 0 radical (unpaired) electrons. The van der Waals surface area contributed by atoms with Gasteiger partial charge in [0, 0.05) is 16.7 Å². The Kier molecular flexibility index (Phi) is 8.54. The van der Waals surface area contributed by atoms with Crippen LogP contribution in [0.3, 0.4) is 0 Å². The molecule has 0 aromatic heterocycles. The highest BCUT2D eigenvalue weighted by molar-refractivity contribution is 5.89. The predicted octanol–water partition coefficient (Wildman–Crippen LogP) is -0.925. The van der Waals surface area contributed by atoms with Crippen molar-refractivity contribution in [1.29, 1.82) is 0 Å². The van der Waals surface area contributed by atoms with Crippen LogP contribution in [-0.2, 0) is 28.6 Å². The third-order valence-electron chi connectivity index (χ3n) is 3.30.